The summed E-state index contributed by atoms with van der Waals surface area (Å²) in [7, 11) is 0. The average molecular weight is 239 g/mol. The molecule has 0 aliphatic heterocycles. The summed E-state index contributed by atoms with van der Waals surface area (Å²) in [5.74, 6) is 0.116. The van der Waals surface area contributed by atoms with E-state index >= 15 is 0 Å². The van der Waals surface area contributed by atoms with E-state index in [0.29, 0.717) is 6.42 Å². The van der Waals surface area contributed by atoms with Gasteiger partial charge in [0.15, 0.2) is 0 Å². The van der Waals surface area contributed by atoms with Crippen molar-refractivity contribution in [3.63, 3.8) is 0 Å². The zero-order chi connectivity index (χ0) is 12.5. The van der Waals surface area contributed by atoms with Crippen molar-refractivity contribution in [3.05, 3.63) is 70.3 Å². The third-order valence-electron chi connectivity index (χ3n) is 3.47. The van der Waals surface area contributed by atoms with Crippen LogP contribution in [0, 0.1) is 10.1 Å². The van der Waals surface area contributed by atoms with Crippen LogP contribution in [0.2, 0.25) is 0 Å². The van der Waals surface area contributed by atoms with Crippen molar-refractivity contribution in [1.82, 2.24) is 0 Å². The molecule has 18 heavy (non-hydrogen) atoms. The van der Waals surface area contributed by atoms with Crippen LogP contribution in [0.5, 0.6) is 0 Å². The lowest BCUT2D eigenvalue weighted by atomic mass is 10.0. The van der Waals surface area contributed by atoms with Crippen molar-refractivity contribution in [2.45, 2.75) is 18.4 Å². The summed E-state index contributed by atoms with van der Waals surface area (Å²) in [5.41, 5.74) is 3.40. The lowest BCUT2D eigenvalue weighted by Crippen LogP contribution is -2.02. The summed E-state index contributed by atoms with van der Waals surface area (Å²) in [6, 6.07) is 17.9. The van der Waals surface area contributed by atoms with Crippen LogP contribution in [0.3, 0.4) is 0 Å². The van der Waals surface area contributed by atoms with Gasteiger partial charge >= 0.3 is 0 Å². The standard InChI is InChI=1S/C15H13NO2/c17-16(18)15-10-14(15)13-8-6-12(7-9-13)11-4-2-1-3-5-11/h1-9,14-15H,10H2/t14-,15+/m1/s1. The maximum Gasteiger partial charge on any atom is 0.221 e. The van der Waals surface area contributed by atoms with Gasteiger partial charge in [-0.2, -0.15) is 0 Å². The SMILES string of the molecule is O=[N+]([O-])[C@H]1C[C@@H]1c1ccc(-c2ccccc2)cc1. The van der Waals surface area contributed by atoms with E-state index in [-0.39, 0.29) is 16.9 Å². The second-order valence-corrected chi connectivity index (χ2v) is 4.68. The first kappa shape index (κ1) is 11.0. The predicted molar refractivity (Wildman–Crippen MR) is 70.0 cm³/mol. The largest absolute Gasteiger partial charge is 0.264 e. The molecule has 90 valence electrons. The Balaban J connectivity index is 1.81. The van der Waals surface area contributed by atoms with E-state index in [0.717, 1.165) is 11.1 Å². The monoisotopic (exact) mass is 239 g/mol. The minimum Gasteiger partial charge on any atom is -0.264 e. The fraction of sp³-hybridized carbons (Fsp3) is 0.200. The van der Waals surface area contributed by atoms with Gasteiger partial charge in [-0.1, -0.05) is 54.6 Å². The summed E-state index contributed by atoms with van der Waals surface area (Å²) < 4.78 is 0. The number of hydrogen-bond acceptors (Lipinski definition) is 2. The van der Waals surface area contributed by atoms with E-state index in [1.54, 1.807) is 0 Å². The van der Waals surface area contributed by atoms with Crippen LogP contribution in [0.4, 0.5) is 0 Å². The normalized spacial score (nSPS) is 21.6. The van der Waals surface area contributed by atoms with Crippen molar-refractivity contribution in [3.8, 4) is 11.1 Å². The van der Waals surface area contributed by atoms with Crippen molar-refractivity contribution >= 4 is 0 Å². The highest BCUT2D eigenvalue weighted by Crippen LogP contribution is 2.43. The first-order chi connectivity index (χ1) is 8.75. The fourth-order valence-corrected chi connectivity index (χ4v) is 2.33. The van der Waals surface area contributed by atoms with Crippen LogP contribution in [-0.4, -0.2) is 11.0 Å². The third-order valence-corrected chi connectivity index (χ3v) is 3.47. The lowest BCUT2D eigenvalue weighted by Gasteiger charge is -2.03. The van der Waals surface area contributed by atoms with E-state index in [1.807, 2.05) is 42.5 Å². The molecule has 0 bridgehead atoms. The molecule has 0 unspecified atom stereocenters. The molecule has 0 spiro atoms. The highest BCUT2D eigenvalue weighted by molar-refractivity contribution is 5.63. The smallest absolute Gasteiger partial charge is 0.221 e. The first-order valence-corrected chi connectivity index (χ1v) is 6.04. The molecule has 0 radical (unpaired) electrons. The van der Waals surface area contributed by atoms with Crippen molar-refractivity contribution in [1.29, 1.82) is 0 Å². The molecule has 3 heteroatoms. The number of rotatable bonds is 3. The summed E-state index contributed by atoms with van der Waals surface area (Å²) in [5, 5.41) is 10.6. The van der Waals surface area contributed by atoms with Crippen LogP contribution >= 0.6 is 0 Å². The van der Waals surface area contributed by atoms with Crippen LogP contribution < -0.4 is 0 Å². The molecule has 2 aromatic rings. The van der Waals surface area contributed by atoms with Crippen LogP contribution in [0.15, 0.2) is 54.6 Å². The summed E-state index contributed by atoms with van der Waals surface area (Å²) >= 11 is 0. The molecule has 1 saturated carbocycles. The molecule has 0 heterocycles. The number of nitrogens with zero attached hydrogens (tertiary/aromatic N) is 1. The van der Waals surface area contributed by atoms with Gasteiger partial charge in [0.1, 0.15) is 0 Å². The minimum absolute atomic E-state index is 0.116. The van der Waals surface area contributed by atoms with E-state index in [9.17, 15) is 10.1 Å². The molecule has 2 aromatic carbocycles. The number of nitro groups is 1. The van der Waals surface area contributed by atoms with Crippen LogP contribution in [-0.2, 0) is 0 Å². The second-order valence-electron chi connectivity index (χ2n) is 4.68. The Hall–Kier alpha value is -2.16. The van der Waals surface area contributed by atoms with Gasteiger partial charge in [-0.3, -0.25) is 10.1 Å². The molecule has 0 N–H and O–H groups in total. The quantitative estimate of drug-likeness (QED) is 0.607. The van der Waals surface area contributed by atoms with Gasteiger partial charge in [-0.15, -0.1) is 0 Å². The molecule has 1 aliphatic carbocycles. The topological polar surface area (TPSA) is 43.1 Å². The Morgan fingerprint density at radius 2 is 1.56 bits per heavy atom. The number of hydrogen-bond donors (Lipinski definition) is 0. The minimum atomic E-state index is -0.368. The molecule has 1 fully saturated rings. The Labute approximate surface area is 105 Å². The highest BCUT2D eigenvalue weighted by Gasteiger charge is 2.48. The summed E-state index contributed by atoms with van der Waals surface area (Å²) in [6.07, 6.45) is 0.678. The predicted octanol–water partition coefficient (Wildman–Crippen LogP) is 3.49. The number of benzene rings is 2. The van der Waals surface area contributed by atoms with Crippen molar-refractivity contribution in [2.75, 3.05) is 0 Å². The summed E-state index contributed by atoms with van der Waals surface area (Å²) in [6.45, 7) is 0. The molecule has 0 aromatic heterocycles. The molecule has 3 rings (SSSR count). The van der Waals surface area contributed by atoms with E-state index in [1.165, 1.54) is 5.56 Å². The third kappa shape index (κ3) is 1.99. The lowest BCUT2D eigenvalue weighted by molar-refractivity contribution is -0.496. The first-order valence-electron chi connectivity index (χ1n) is 6.04. The molecule has 1 aliphatic rings. The zero-order valence-electron chi connectivity index (χ0n) is 9.82. The van der Waals surface area contributed by atoms with Gasteiger partial charge in [0.25, 0.3) is 0 Å². The van der Waals surface area contributed by atoms with Crippen molar-refractivity contribution < 1.29 is 4.92 Å². The van der Waals surface area contributed by atoms with Crippen LogP contribution in [0.1, 0.15) is 17.9 Å². The van der Waals surface area contributed by atoms with Gasteiger partial charge in [0.05, 0.1) is 5.92 Å². The Kier molecular flexibility index (Phi) is 2.59. The maximum absolute atomic E-state index is 10.6. The van der Waals surface area contributed by atoms with E-state index < -0.39 is 0 Å². The fourth-order valence-electron chi connectivity index (χ4n) is 2.33. The molecular formula is C15H13NO2. The van der Waals surface area contributed by atoms with Gasteiger partial charge in [0, 0.05) is 11.3 Å². The second kappa shape index (κ2) is 4.26. The van der Waals surface area contributed by atoms with Crippen LogP contribution in [0.25, 0.3) is 11.1 Å². The van der Waals surface area contributed by atoms with Gasteiger partial charge < -0.3 is 0 Å². The highest BCUT2D eigenvalue weighted by atomic mass is 16.6. The Morgan fingerprint density at radius 1 is 0.944 bits per heavy atom. The summed E-state index contributed by atoms with van der Waals surface area (Å²) in [4.78, 5) is 10.5. The Bertz CT molecular complexity index is 563. The maximum atomic E-state index is 10.6. The Morgan fingerprint density at radius 3 is 2.11 bits per heavy atom. The van der Waals surface area contributed by atoms with Gasteiger partial charge in [-0.05, 0) is 16.7 Å². The van der Waals surface area contributed by atoms with Crippen molar-refractivity contribution in [2.24, 2.45) is 0 Å². The van der Waals surface area contributed by atoms with E-state index in [4.69, 9.17) is 0 Å². The molecule has 0 amide bonds. The molecule has 0 saturated heterocycles. The van der Waals surface area contributed by atoms with E-state index in [2.05, 4.69) is 12.1 Å². The molecule has 3 nitrogen and oxygen atoms in total. The van der Waals surface area contributed by atoms with Gasteiger partial charge in [-0.25, -0.2) is 0 Å². The molecule has 2 atom stereocenters. The zero-order valence-corrected chi connectivity index (χ0v) is 9.82. The average Bonchev–Trinajstić information content (AvgIpc) is 3.20. The molecular weight excluding hydrogens is 226 g/mol. The van der Waals surface area contributed by atoms with Gasteiger partial charge in [0.2, 0.25) is 6.04 Å².